The van der Waals surface area contributed by atoms with Gasteiger partial charge < -0.3 is 15.2 Å². The number of thiocarbonyl (C=S) groups is 1. The highest BCUT2D eigenvalue weighted by molar-refractivity contribution is 7.80. The molecule has 1 saturated heterocycles. The van der Waals surface area contributed by atoms with Gasteiger partial charge in [-0.3, -0.25) is 0 Å². The highest BCUT2D eigenvalue weighted by Crippen LogP contribution is 2.27. The number of likely N-dealkylation sites (tertiary alicyclic amines) is 1. The molecule has 0 bridgehead atoms. The van der Waals surface area contributed by atoms with E-state index in [0.717, 1.165) is 42.8 Å². The maximum absolute atomic E-state index is 13.3. The lowest BCUT2D eigenvalue weighted by Gasteiger charge is -2.33. The number of imidazole rings is 1. The molecule has 1 atom stereocenters. The molecule has 0 aliphatic carbocycles. The third-order valence-electron chi connectivity index (χ3n) is 4.67. The van der Waals surface area contributed by atoms with Gasteiger partial charge in [0.15, 0.2) is 5.11 Å². The summed E-state index contributed by atoms with van der Waals surface area (Å²) in [6.45, 7) is 1.68. The van der Waals surface area contributed by atoms with Gasteiger partial charge in [0.05, 0.1) is 16.1 Å². The third-order valence-corrected chi connectivity index (χ3v) is 5.32. The predicted molar refractivity (Wildman–Crippen MR) is 107 cm³/mol. The van der Waals surface area contributed by atoms with Crippen molar-refractivity contribution in [2.24, 2.45) is 0 Å². The summed E-state index contributed by atoms with van der Waals surface area (Å²) in [6, 6.07) is 12.6. The number of aromatic nitrogens is 2. The smallest absolute Gasteiger partial charge is 0.173 e. The van der Waals surface area contributed by atoms with Crippen molar-refractivity contribution in [3.63, 3.8) is 0 Å². The SMILES string of the molecule is Fc1ccc(NC(=S)N2CCCC(c3nc4ccccc4[nH]3)C2)cc1Cl. The largest absolute Gasteiger partial charge is 0.348 e. The van der Waals surface area contributed by atoms with Gasteiger partial charge in [0, 0.05) is 24.7 Å². The van der Waals surface area contributed by atoms with E-state index < -0.39 is 5.82 Å². The van der Waals surface area contributed by atoms with E-state index in [2.05, 4.69) is 15.2 Å². The van der Waals surface area contributed by atoms with E-state index in [-0.39, 0.29) is 5.02 Å². The minimum Gasteiger partial charge on any atom is -0.348 e. The summed E-state index contributed by atoms with van der Waals surface area (Å²) in [6.07, 6.45) is 2.11. The van der Waals surface area contributed by atoms with E-state index in [1.807, 2.05) is 24.3 Å². The number of fused-ring (bicyclic) bond motifs is 1. The van der Waals surface area contributed by atoms with Crippen LogP contribution in [0.25, 0.3) is 11.0 Å². The van der Waals surface area contributed by atoms with Crippen molar-refractivity contribution in [1.82, 2.24) is 14.9 Å². The summed E-state index contributed by atoms with van der Waals surface area (Å²) in [4.78, 5) is 10.3. The van der Waals surface area contributed by atoms with Crippen molar-refractivity contribution in [2.75, 3.05) is 18.4 Å². The van der Waals surface area contributed by atoms with E-state index in [4.69, 9.17) is 28.8 Å². The normalized spacial score (nSPS) is 17.5. The number of rotatable bonds is 2. The molecule has 26 heavy (non-hydrogen) atoms. The fourth-order valence-corrected chi connectivity index (χ4v) is 3.79. The molecular weight excluding hydrogens is 371 g/mol. The van der Waals surface area contributed by atoms with Gasteiger partial charge in [-0.25, -0.2) is 9.37 Å². The Kier molecular flexibility index (Phi) is 4.78. The molecule has 2 N–H and O–H groups in total. The number of benzene rings is 2. The lowest BCUT2D eigenvalue weighted by Crippen LogP contribution is -2.41. The zero-order chi connectivity index (χ0) is 18.1. The molecule has 2 aromatic carbocycles. The molecule has 1 aliphatic rings. The van der Waals surface area contributed by atoms with Crippen LogP contribution in [0.2, 0.25) is 5.02 Å². The monoisotopic (exact) mass is 388 g/mol. The molecule has 134 valence electrons. The van der Waals surface area contributed by atoms with Gasteiger partial charge in [-0.05, 0) is 55.4 Å². The second kappa shape index (κ2) is 7.21. The first-order valence-electron chi connectivity index (χ1n) is 8.56. The average Bonchev–Trinajstić information content (AvgIpc) is 3.09. The van der Waals surface area contributed by atoms with E-state index in [1.165, 1.54) is 6.07 Å². The molecule has 3 aromatic rings. The molecule has 1 aliphatic heterocycles. The zero-order valence-corrected chi connectivity index (χ0v) is 15.6. The van der Waals surface area contributed by atoms with Crippen LogP contribution in [0.1, 0.15) is 24.6 Å². The van der Waals surface area contributed by atoms with Crippen LogP contribution in [0.3, 0.4) is 0 Å². The molecule has 4 rings (SSSR count). The Balaban J connectivity index is 1.47. The number of piperidine rings is 1. The van der Waals surface area contributed by atoms with Gasteiger partial charge in [0.25, 0.3) is 0 Å². The summed E-state index contributed by atoms with van der Waals surface area (Å²) in [7, 11) is 0. The van der Waals surface area contributed by atoms with Crippen LogP contribution in [0.5, 0.6) is 0 Å². The van der Waals surface area contributed by atoms with Crippen LogP contribution in [0.4, 0.5) is 10.1 Å². The molecule has 0 spiro atoms. The highest BCUT2D eigenvalue weighted by Gasteiger charge is 2.25. The fourth-order valence-electron chi connectivity index (χ4n) is 3.33. The van der Waals surface area contributed by atoms with Crippen molar-refractivity contribution in [2.45, 2.75) is 18.8 Å². The molecular formula is C19H18ClFN4S. The summed E-state index contributed by atoms with van der Waals surface area (Å²) >= 11 is 11.4. The topological polar surface area (TPSA) is 44.0 Å². The number of nitrogens with one attached hydrogen (secondary N) is 2. The Bertz CT molecular complexity index is 925. The highest BCUT2D eigenvalue weighted by atomic mass is 35.5. The lowest BCUT2D eigenvalue weighted by molar-refractivity contribution is 0.307. The molecule has 0 saturated carbocycles. The van der Waals surface area contributed by atoms with E-state index in [1.54, 1.807) is 12.1 Å². The molecule has 2 heterocycles. The van der Waals surface area contributed by atoms with Gasteiger partial charge >= 0.3 is 0 Å². The van der Waals surface area contributed by atoms with Crippen LogP contribution in [0.15, 0.2) is 42.5 Å². The Morgan fingerprint density at radius 2 is 2.15 bits per heavy atom. The first-order valence-corrected chi connectivity index (χ1v) is 9.34. The summed E-state index contributed by atoms with van der Waals surface area (Å²) < 4.78 is 13.3. The minimum atomic E-state index is -0.439. The Labute approximate surface area is 161 Å². The van der Waals surface area contributed by atoms with Crippen molar-refractivity contribution >= 4 is 45.7 Å². The van der Waals surface area contributed by atoms with Gasteiger partial charge in [0.1, 0.15) is 11.6 Å². The quantitative estimate of drug-likeness (QED) is 0.611. The summed E-state index contributed by atoms with van der Waals surface area (Å²) in [5, 5.41) is 3.85. The molecule has 0 radical (unpaired) electrons. The first kappa shape index (κ1) is 17.2. The Morgan fingerprint density at radius 1 is 1.31 bits per heavy atom. The van der Waals surface area contributed by atoms with Crippen LogP contribution in [-0.4, -0.2) is 33.1 Å². The maximum Gasteiger partial charge on any atom is 0.173 e. The minimum absolute atomic E-state index is 0.0802. The van der Waals surface area contributed by atoms with Gasteiger partial charge in [-0.1, -0.05) is 23.7 Å². The van der Waals surface area contributed by atoms with Crippen molar-refractivity contribution in [1.29, 1.82) is 0 Å². The number of H-pyrrole nitrogens is 1. The second-order valence-corrected chi connectivity index (χ2v) is 7.28. The van der Waals surface area contributed by atoms with Crippen LogP contribution in [0, 0.1) is 5.82 Å². The molecule has 1 fully saturated rings. The number of aromatic amines is 1. The molecule has 0 amide bonds. The van der Waals surface area contributed by atoms with Crippen LogP contribution in [-0.2, 0) is 0 Å². The number of halogens is 2. The number of nitrogens with zero attached hydrogens (tertiary/aromatic N) is 2. The van der Waals surface area contributed by atoms with Gasteiger partial charge in [-0.15, -0.1) is 0 Å². The zero-order valence-electron chi connectivity index (χ0n) is 14.0. The van der Waals surface area contributed by atoms with E-state index >= 15 is 0 Å². The lowest BCUT2D eigenvalue weighted by atomic mass is 9.98. The number of hydrogen-bond donors (Lipinski definition) is 2. The summed E-state index contributed by atoms with van der Waals surface area (Å²) in [5.41, 5.74) is 2.73. The van der Waals surface area contributed by atoms with Gasteiger partial charge in [-0.2, -0.15) is 0 Å². The average molecular weight is 389 g/mol. The van der Waals surface area contributed by atoms with E-state index in [0.29, 0.717) is 16.7 Å². The van der Waals surface area contributed by atoms with Crippen LogP contribution >= 0.6 is 23.8 Å². The fraction of sp³-hybridized carbons (Fsp3) is 0.263. The molecule has 7 heteroatoms. The first-order chi connectivity index (χ1) is 12.6. The van der Waals surface area contributed by atoms with Crippen molar-refractivity contribution in [3.05, 3.63) is 59.1 Å². The Hall–Kier alpha value is -2.18. The predicted octanol–water partition coefficient (Wildman–Crippen LogP) is 4.93. The maximum atomic E-state index is 13.3. The van der Waals surface area contributed by atoms with E-state index in [9.17, 15) is 4.39 Å². The summed E-state index contributed by atoms with van der Waals surface area (Å²) in [5.74, 6) is 0.863. The van der Waals surface area contributed by atoms with Crippen LogP contribution < -0.4 is 5.32 Å². The van der Waals surface area contributed by atoms with Crippen molar-refractivity contribution < 1.29 is 4.39 Å². The molecule has 1 aromatic heterocycles. The molecule has 4 nitrogen and oxygen atoms in total. The second-order valence-electron chi connectivity index (χ2n) is 6.48. The standard InChI is InChI=1S/C19H18ClFN4S/c20-14-10-13(7-8-15(14)21)22-19(26)25-9-3-4-12(11-25)18-23-16-5-1-2-6-17(16)24-18/h1-2,5-8,10,12H,3-4,9,11H2,(H,22,26)(H,23,24). The molecule has 1 unspecified atom stereocenters. The number of hydrogen-bond acceptors (Lipinski definition) is 2. The van der Waals surface area contributed by atoms with Gasteiger partial charge in [0.2, 0.25) is 0 Å². The third kappa shape index (κ3) is 3.52. The number of para-hydroxylation sites is 2. The van der Waals surface area contributed by atoms with Crippen molar-refractivity contribution in [3.8, 4) is 0 Å². The Morgan fingerprint density at radius 3 is 2.96 bits per heavy atom. The number of anilines is 1.